The molecule has 30 heavy (non-hydrogen) atoms. The first-order chi connectivity index (χ1) is 14.4. The lowest BCUT2D eigenvalue weighted by molar-refractivity contribution is 0.111. The number of aldehydes is 1. The van der Waals surface area contributed by atoms with E-state index < -0.39 is 27.2 Å². The molecule has 0 radical (unpaired) electrons. The van der Waals surface area contributed by atoms with Crippen molar-refractivity contribution < 1.29 is 26.7 Å². The summed E-state index contributed by atoms with van der Waals surface area (Å²) in [7, 11) is -2.84. The molecule has 0 amide bonds. The number of benzene rings is 3. The first-order valence-electron chi connectivity index (χ1n) is 8.82. The van der Waals surface area contributed by atoms with Gasteiger partial charge in [-0.1, -0.05) is 24.3 Å². The number of hydrogen-bond acceptors (Lipinski definition) is 4. The van der Waals surface area contributed by atoms with E-state index in [1.54, 1.807) is 18.2 Å². The number of carbonyl (C=O) groups is 1. The molecule has 0 atom stereocenters. The Kier molecular flexibility index (Phi) is 4.87. The van der Waals surface area contributed by atoms with Gasteiger partial charge in [-0.3, -0.25) is 4.79 Å². The Morgan fingerprint density at radius 1 is 0.900 bits per heavy atom. The Bertz CT molecular complexity index is 1360. The number of hydrogen-bond donors (Lipinski definition) is 0. The minimum atomic E-state index is -4.24. The third kappa shape index (κ3) is 2.96. The topological polar surface area (TPSA) is 65.4 Å². The molecule has 5 nitrogen and oxygen atoms in total. The normalized spacial score (nSPS) is 11.6. The quantitative estimate of drug-likeness (QED) is 0.435. The highest BCUT2D eigenvalue weighted by molar-refractivity contribution is 7.90. The summed E-state index contributed by atoms with van der Waals surface area (Å²) < 4.78 is 62.1. The van der Waals surface area contributed by atoms with Gasteiger partial charge in [0.05, 0.1) is 23.1 Å². The van der Waals surface area contributed by atoms with Crippen molar-refractivity contribution in [2.24, 2.45) is 0 Å². The fraction of sp³-hybridized carbons (Fsp3) is 0.0455. The molecule has 0 bridgehead atoms. The minimum absolute atomic E-state index is 0.0682. The van der Waals surface area contributed by atoms with E-state index in [-0.39, 0.29) is 33.3 Å². The molecule has 0 aliphatic heterocycles. The van der Waals surface area contributed by atoms with E-state index >= 15 is 0 Å². The van der Waals surface area contributed by atoms with E-state index in [4.69, 9.17) is 4.74 Å². The summed E-state index contributed by atoms with van der Waals surface area (Å²) in [5.41, 5.74) is -0.931. The molecule has 3 aromatic carbocycles. The van der Waals surface area contributed by atoms with E-state index in [0.717, 1.165) is 16.1 Å². The van der Waals surface area contributed by atoms with Crippen LogP contribution in [0.25, 0.3) is 22.0 Å². The average molecular weight is 427 g/mol. The summed E-state index contributed by atoms with van der Waals surface area (Å²) in [6, 6.07) is 15.2. The van der Waals surface area contributed by atoms with Crippen molar-refractivity contribution in [3.8, 4) is 16.9 Å². The van der Waals surface area contributed by atoms with E-state index in [1.165, 1.54) is 43.5 Å². The van der Waals surface area contributed by atoms with Crippen molar-refractivity contribution in [2.45, 2.75) is 4.90 Å². The molecule has 0 aliphatic carbocycles. The lowest BCUT2D eigenvalue weighted by Gasteiger charge is -2.10. The maximum Gasteiger partial charge on any atom is 0.268 e. The van der Waals surface area contributed by atoms with Crippen LogP contribution in [0, 0.1) is 11.6 Å². The number of halogens is 2. The molecule has 152 valence electrons. The number of nitrogens with zero attached hydrogens (tertiary/aromatic N) is 1. The van der Waals surface area contributed by atoms with E-state index in [1.807, 2.05) is 0 Å². The van der Waals surface area contributed by atoms with Gasteiger partial charge in [-0.05, 0) is 42.5 Å². The van der Waals surface area contributed by atoms with Gasteiger partial charge in [-0.2, -0.15) is 0 Å². The number of ether oxygens (including phenoxy) is 1. The predicted molar refractivity (Wildman–Crippen MR) is 108 cm³/mol. The lowest BCUT2D eigenvalue weighted by atomic mass is 10.0. The fourth-order valence-electron chi connectivity index (χ4n) is 3.45. The molecule has 0 unspecified atom stereocenters. The molecular weight excluding hydrogens is 412 g/mol. The molecule has 0 aliphatic rings. The Hall–Kier alpha value is -3.52. The summed E-state index contributed by atoms with van der Waals surface area (Å²) in [6.45, 7) is 0. The summed E-state index contributed by atoms with van der Waals surface area (Å²) in [4.78, 5) is 12.0. The van der Waals surface area contributed by atoms with Gasteiger partial charge in [-0.25, -0.2) is 21.2 Å². The molecule has 0 N–H and O–H groups in total. The summed E-state index contributed by atoms with van der Waals surface area (Å²) >= 11 is 0. The van der Waals surface area contributed by atoms with E-state index in [9.17, 15) is 22.0 Å². The number of rotatable bonds is 5. The van der Waals surface area contributed by atoms with Crippen LogP contribution in [0.2, 0.25) is 0 Å². The van der Waals surface area contributed by atoms with Crippen molar-refractivity contribution in [1.29, 1.82) is 0 Å². The highest BCUT2D eigenvalue weighted by Crippen LogP contribution is 2.40. The monoisotopic (exact) mass is 427 g/mol. The smallest absolute Gasteiger partial charge is 0.268 e. The van der Waals surface area contributed by atoms with Crippen LogP contribution >= 0.6 is 0 Å². The standard InChI is InChI=1S/C22H15F2NO4S/c1-29-14-10-11-19-16(12-14)21(22-17(23)8-5-9-18(22)24)20(13-26)25(19)30(27,28)15-6-3-2-4-7-15/h2-13H,1H3. The third-order valence-corrected chi connectivity index (χ3v) is 6.51. The second-order valence-corrected chi connectivity index (χ2v) is 8.23. The van der Waals surface area contributed by atoms with Gasteiger partial charge in [0, 0.05) is 10.9 Å². The Balaban J connectivity index is 2.20. The van der Waals surface area contributed by atoms with Crippen molar-refractivity contribution in [3.05, 3.63) is 84.1 Å². The molecule has 1 heterocycles. The fourth-order valence-corrected chi connectivity index (χ4v) is 4.98. The van der Waals surface area contributed by atoms with Crippen LogP contribution in [0.3, 0.4) is 0 Å². The van der Waals surface area contributed by atoms with Gasteiger partial charge in [-0.15, -0.1) is 0 Å². The number of fused-ring (bicyclic) bond motifs is 1. The first kappa shape index (κ1) is 19.8. The van der Waals surface area contributed by atoms with E-state index in [2.05, 4.69) is 0 Å². The molecule has 0 spiro atoms. The zero-order valence-corrected chi connectivity index (χ0v) is 16.5. The van der Waals surface area contributed by atoms with Crippen LogP contribution in [0.15, 0.2) is 71.6 Å². The molecule has 4 aromatic rings. The molecule has 1 aromatic heterocycles. The SMILES string of the molecule is COc1ccc2c(c1)c(-c1c(F)cccc1F)c(C=O)n2S(=O)(=O)c1ccccc1. The first-order valence-corrected chi connectivity index (χ1v) is 10.3. The zero-order valence-electron chi connectivity index (χ0n) is 15.7. The second-order valence-electron chi connectivity index (χ2n) is 6.44. The van der Waals surface area contributed by atoms with Gasteiger partial charge in [0.1, 0.15) is 23.1 Å². The zero-order chi connectivity index (χ0) is 21.5. The maximum absolute atomic E-state index is 14.6. The van der Waals surface area contributed by atoms with Crippen molar-refractivity contribution in [2.75, 3.05) is 7.11 Å². The van der Waals surface area contributed by atoms with Crippen LogP contribution in [0.4, 0.5) is 8.78 Å². The van der Waals surface area contributed by atoms with Crippen molar-refractivity contribution in [3.63, 3.8) is 0 Å². The van der Waals surface area contributed by atoms with Gasteiger partial charge >= 0.3 is 0 Å². The summed E-state index contributed by atoms with van der Waals surface area (Å²) in [5.74, 6) is -1.50. The van der Waals surface area contributed by atoms with Gasteiger partial charge < -0.3 is 4.74 Å². The number of methoxy groups -OCH3 is 1. The largest absolute Gasteiger partial charge is 0.497 e. The second kappa shape index (κ2) is 7.38. The average Bonchev–Trinajstić information content (AvgIpc) is 3.08. The highest BCUT2D eigenvalue weighted by Gasteiger charge is 2.30. The third-order valence-electron chi connectivity index (χ3n) is 4.77. The summed E-state index contributed by atoms with van der Waals surface area (Å²) in [6.07, 6.45) is 0.286. The van der Waals surface area contributed by atoms with Crippen molar-refractivity contribution >= 4 is 27.2 Å². The molecule has 0 fully saturated rings. The molecular formula is C22H15F2NO4S. The molecule has 4 rings (SSSR count). The van der Waals surface area contributed by atoms with E-state index in [0.29, 0.717) is 5.75 Å². The lowest BCUT2D eigenvalue weighted by Crippen LogP contribution is -2.15. The minimum Gasteiger partial charge on any atom is -0.497 e. The van der Waals surface area contributed by atoms with Gasteiger partial charge in [0.15, 0.2) is 6.29 Å². The maximum atomic E-state index is 14.6. The van der Waals surface area contributed by atoms with Crippen LogP contribution in [0.1, 0.15) is 10.5 Å². The van der Waals surface area contributed by atoms with Gasteiger partial charge in [0.2, 0.25) is 0 Å². The van der Waals surface area contributed by atoms with Gasteiger partial charge in [0.25, 0.3) is 10.0 Å². The van der Waals surface area contributed by atoms with Crippen LogP contribution in [0.5, 0.6) is 5.75 Å². The molecule has 8 heteroatoms. The summed E-state index contributed by atoms with van der Waals surface area (Å²) in [5, 5.41) is 0.167. The Morgan fingerprint density at radius 3 is 2.17 bits per heavy atom. The van der Waals surface area contributed by atoms with Crippen LogP contribution in [-0.2, 0) is 10.0 Å². The number of aromatic nitrogens is 1. The Labute approximate surface area is 171 Å². The van der Waals surface area contributed by atoms with Crippen LogP contribution in [-0.4, -0.2) is 25.8 Å². The molecule has 0 saturated heterocycles. The molecule has 0 saturated carbocycles. The van der Waals surface area contributed by atoms with Crippen LogP contribution < -0.4 is 4.74 Å². The van der Waals surface area contributed by atoms with Crippen molar-refractivity contribution in [1.82, 2.24) is 3.97 Å². The number of carbonyl (C=O) groups excluding carboxylic acids is 1. The predicted octanol–water partition coefficient (Wildman–Crippen LogP) is 4.64. The highest BCUT2D eigenvalue weighted by atomic mass is 32.2. The Morgan fingerprint density at radius 2 is 1.57 bits per heavy atom.